The van der Waals surface area contributed by atoms with Crippen molar-refractivity contribution >= 4 is 53.7 Å². The number of para-hydroxylation sites is 1. The molecule has 1 aromatic rings. The Kier molecular flexibility index (Phi) is 11.4. The van der Waals surface area contributed by atoms with E-state index in [9.17, 15) is 4.79 Å². The fraction of sp³-hybridized carbons (Fsp3) is 0.533. The van der Waals surface area contributed by atoms with Crippen LogP contribution in [0.5, 0.6) is 0 Å². The van der Waals surface area contributed by atoms with Gasteiger partial charge in [0, 0.05) is 19.5 Å². The van der Waals surface area contributed by atoms with E-state index in [-0.39, 0.29) is 30.7 Å². The average molecular weight is 385 g/mol. The van der Waals surface area contributed by atoms with E-state index in [4.69, 9.17) is 16.3 Å². The Morgan fingerprint density at radius 2 is 2.00 bits per heavy atom. The number of benzene rings is 1. The van der Waals surface area contributed by atoms with Gasteiger partial charge in [-0.1, -0.05) is 17.7 Å². The van der Waals surface area contributed by atoms with Crippen LogP contribution in [-0.4, -0.2) is 45.8 Å². The number of hydrogen-bond acceptors (Lipinski definition) is 4. The van der Waals surface area contributed by atoms with Crippen LogP contribution in [0.1, 0.15) is 12.8 Å². The van der Waals surface area contributed by atoms with Crippen molar-refractivity contribution < 1.29 is 9.53 Å². The van der Waals surface area contributed by atoms with Crippen molar-refractivity contribution in [3.63, 3.8) is 0 Å². The van der Waals surface area contributed by atoms with E-state index >= 15 is 0 Å². The molecule has 8 heteroatoms. The number of halogens is 3. The molecule has 1 aromatic carbocycles. The van der Waals surface area contributed by atoms with E-state index in [1.807, 2.05) is 25.2 Å². The van der Waals surface area contributed by atoms with Crippen molar-refractivity contribution in [1.82, 2.24) is 5.32 Å². The van der Waals surface area contributed by atoms with E-state index in [0.717, 1.165) is 37.4 Å². The maximum Gasteiger partial charge on any atom is 0.224 e. The van der Waals surface area contributed by atoms with Crippen LogP contribution in [0.3, 0.4) is 0 Å². The first-order valence-corrected chi connectivity index (χ1v) is 7.66. The Morgan fingerprint density at radius 3 is 2.65 bits per heavy atom. The summed E-state index contributed by atoms with van der Waals surface area (Å²) in [4.78, 5) is 14.2. The molecule has 1 saturated heterocycles. The van der Waals surface area contributed by atoms with Gasteiger partial charge < -0.3 is 20.3 Å². The molecule has 132 valence electrons. The van der Waals surface area contributed by atoms with Crippen molar-refractivity contribution in [1.29, 1.82) is 0 Å². The van der Waals surface area contributed by atoms with Gasteiger partial charge in [0.15, 0.2) is 0 Å². The van der Waals surface area contributed by atoms with Crippen LogP contribution in [0.15, 0.2) is 18.2 Å². The monoisotopic (exact) mass is 383 g/mol. The maximum absolute atomic E-state index is 12.0. The predicted octanol–water partition coefficient (Wildman–Crippen LogP) is 2.96. The van der Waals surface area contributed by atoms with Crippen LogP contribution < -0.4 is 15.5 Å². The zero-order valence-corrected chi connectivity index (χ0v) is 15.5. The molecule has 1 aliphatic heterocycles. The van der Waals surface area contributed by atoms with E-state index in [1.54, 1.807) is 0 Å². The molecule has 1 fully saturated rings. The van der Waals surface area contributed by atoms with Gasteiger partial charge in [-0.15, -0.1) is 24.8 Å². The first kappa shape index (κ1) is 22.3. The lowest BCUT2D eigenvalue weighted by molar-refractivity contribution is -0.116. The van der Waals surface area contributed by atoms with Crippen LogP contribution in [0.25, 0.3) is 0 Å². The van der Waals surface area contributed by atoms with Gasteiger partial charge >= 0.3 is 0 Å². The number of ether oxygens (including phenoxy) is 1. The maximum atomic E-state index is 12.0. The summed E-state index contributed by atoms with van der Waals surface area (Å²) >= 11 is 6.33. The van der Waals surface area contributed by atoms with Crippen LogP contribution in [0.4, 0.5) is 11.4 Å². The molecule has 1 heterocycles. The van der Waals surface area contributed by atoms with Crippen LogP contribution >= 0.6 is 36.4 Å². The van der Waals surface area contributed by atoms with Crippen LogP contribution in [-0.2, 0) is 9.53 Å². The number of carbonyl (C=O) groups is 1. The van der Waals surface area contributed by atoms with E-state index < -0.39 is 0 Å². The van der Waals surface area contributed by atoms with Crippen LogP contribution in [0, 0.1) is 0 Å². The van der Waals surface area contributed by atoms with Crippen molar-refractivity contribution in [2.24, 2.45) is 0 Å². The summed E-state index contributed by atoms with van der Waals surface area (Å²) in [5.41, 5.74) is 1.67. The number of nitrogens with zero attached hydrogens (tertiary/aromatic N) is 1. The summed E-state index contributed by atoms with van der Waals surface area (Å²) in [5.74, 6) is 0.0158. The highest BCUT2D eigenvalue weighted by molar-refractivity contribution is 6.34. The van der Waals surface area contributed by atoms with Gasteiger partial charge in [0.1, 0.15) is 0 Å². The molecule has 0 spiro atoms. The van der Waals surface area contributed by atoms with Gasteiger partial charge in [-0.2, -0.15) is 0 Å². The van der Waals surface area contributed by atoms with Gasteiger partial charge in [-0.25, -0.2) is 0 Å². The Balaban J connectivity index is 0.00000242. The zero-order chi connectivity index (χ0) is 15.1. The first-order chi connectivity index (χ1) is 10.2. The molecule has 2 N–H and O–H groups in total. The summed E-state index contributed by atoms with van der Waals surface area (Å²) in [5, 5.41) is 6.67. The third kappa shape index (κ3) is 6.73. The fourth-order valence-corrected chi connectivity index (χ4v) is 2.66. The third-order valence-electron chi connectivity index (χ3n) is 3.42. The number of rotatable bonds is 6. The number of amides is 1. The van der Waals surface area contributed by atoms with Crippen molar-refractivity contribution in [2.75, 3.05) is 50.1 Å². The van der Waals surface area contributed by atoms with Gasteiger partial charge in [0.2, 0.25) is 5.91 Å². The lowest BCUT2D eigenvalue weighted by Crippen LogP contribution is -2.37. The normalized spacial score (nSPS) is 13.7. The molecule has 0 bridgehead atoms. The second kappa shape index (κ2) is 11.8. The molecule has 0 radical (unpaired) electrons. The van der Waals surface area contributed by atoms with E-state index in [2.05, 4.69) is 15.5 Å². The molecule has 2 rings (SSSR count). The molecular weight excluding hydrogens is 361 g/mol. The minimum Gasteiger partial charge on any atom is -0.378 e. The zero-order valence-electron chi connectivity index (χ0n) is 13.1. The fourth-order valence-electron chi connectivity index (χ4n) is 2.36. The minimum atomic E-state index is 0. The average Bonchev–Trinajstić information content (AvgIpc) is 2.48. The first-order valence-electron chi connectivity index (χ1n) is 7.28. The number of morpholine rings is 1. The lowest BCUT2D eigenvalue weighted by atomic mass is 10.2. The highest BCUT2D eigenvalue weighted by atomic mass is 35.5. The number of anilines is 2. The molecule has 5 nitrogen and oxygen atoms in total. The molecular formula is C15H24Cl3N3O2. The van der Waals surface area contributed by atoms with Gasteiger partial charge in [-0.3, -0.25) is 4.79 Å². The molecule has 23 heavy (non-hydrogen) atoms. The second-order valence-electron chi connectivity index (χ2n) is 4.99. The Hall–Kier alpha value is -0.720. The Morgan fingerprint density at radius 1 is 1.30 bits per heavy atom. The molecule has 0 aliphatic carbocycles. The lowest BCUT2D eigenvalue weighted by Gasteiger charge is -2.31. The van der Waals surface area contributed by atoms with Crippen molar-refractivity contribution in [2.45, 2.75) is 12.8 Å². The summed E-state index contributed by atoms with van der Waals surface area (Å²) < 4.78 is 5.37. The number of nitrogens with one attached hydrogen (secondary N) is 2. The minimum absolute atomic E-state index is 0. The van der Waals surface area contributed by atoms with Gasteiger partial charge in [-0.05, 0) is 32.1 Å². The molecule has 0 unspecified atom stereocenters. The molecule has 1 aliphatic rings. The molecule has 0 aromatic heterocycles. The number of hydrogen-bond donors (Lipinski definition) is 2. The highest BCUT2D eigenvalue weighted by Crippen LogP contribution is 2.34. The standard InChI is InChI=1S/C15H22ClN3O2.2ClH/c1-17-7-3-6-14(20)18-13-5-2-4-12(16)15(13)19-8-10-21-11-9-19;;/h2,4-5,17H,3,6-11H2,1H3,(H,18,20);2*1H. The Bertz CT molecular complexity index is 483. The predicted molar refractivity (Wildman–Crippen MR) is 101 cm³/mol. The third-order valence-corrected chi connectivity index (χ3v) is 3.72. The van der Waals surface area contributed by atoms with Gasteiger partial charge in [0.25, 0.3) is 0 Å². The van der Waals surface area contributed by atoms with E-state index in [1.165, 1.54) is 0 Å². The summed E-state index contributed by atoms with van der Waals surface area (Å²) in [6.07, 6.45) is 1.31. The van der Waals surface area contributed by atoms with Gasteiger partial charge in [0.05, 0.1) is 29.6 Å². The molecule has 0 atom stereocenters. The van der Waals surface area contributed by atoms with Crippen LogP contribution in [0.2, 0.25) is 5.02 Å². The highest BCUT2D eigenvalue weighted by Gasteiger charge is 2.18. The van der Waals surface area contributed by atoms with Crippen molar-refractivity contribution in [3.8, 4) is 0 Å². The number of carbonyl (C=O) groups excluding carboxylic acids is 1. The van der Waals surface area contributed by atoms with E-state index in [0.29, 0.717) is 24.7 Å². The Labute approximate surface area is 154 Å². The SMILES string of the molecule is CNCCCC(=O)Nc1cccc(Cl)c1N1CCOCC1.Cl.Cl. The largest absolute Gasteiger partial charge is 0.378 e. The quantitative estimate of drug-likeness (QED) is 0.740. The van der Waals surface area contributed by atoms with Crippen molar-refractivity contribution in [3.05, 3.63) is 23.2 Å². The smallest absolute Gasteiger partial charge is 0.224 e. The summed E-state index contributed by atoms with van der Waals surface area (Å²) in [7, 11) is 1.88. The molecule has 0 saturated carbocycles. The summed E-state index contributed by atoms with van der Waals surface area (Å²) in [6.45, 7) is 3.76. The summed E-state index contributed by atoms with van der Waals surface area (Å²) in [6, 6.07) is 5.60. The molecule has 1 amide bonds. The topological polar surface area (TPSA) is 53.6 Å². The second-order valence-corrected chi connectivity index (χ2v) is 5.40.